The molecule has 3 atom stereocenters. The van der Waals surface area contributed by atoms with Gasteiger partial charge in [-0.15, -0.1) is 0 Å². The predicted molar refractivity (Wildman–Crippen MR) is 74.2 cm³/mol. The van der Waals surface area contributed by atoms with E-state index in [1.165, 1.54) is 6.54 Å². The summed E-state index contributed by atoms with van der Waals surface area (Å²) in [5.41, 5.74) is 0. The summed E-state index contributed by atoms with van der Waals surface area (Å²) in [6.45, 7) is 16.3. The van der Waals surface area contributed by atoms with Gasteiger partial charge in [-0.05, 0) is 37.5 Å². The second-order valence-corrected chi connectivity index (χ2v) is 6.55. The zero-order valence-electron chi connectivity index (χ0n) is 12.7. The minimum absolute atomic E-state index is 0.401. The summed E-state index contributed by atoms with van der Waals surface area (Å²) in [5, 5.41) is 0. The van der Waals surface area contributed by atoms with Crippen LogP contribution in [0.4, 0.5) is 0 Å². The lowest BCUT2D eigenvalue weighted by molar-refractivity contribution is -0.0774. The molecule has 3 unspecified atom stereocenters. The molecule has 1 fully saturated rings. The van der Waals surface area contributed by atoms with E-state index >= 15 is 0 Å². The van der Waals surface area contributed by atoms with Crippen molar-refractivity contribution in [2.24, 2.45) is 23.7 Å². The van der Waals surface area contributed by atoms with E-state index in [2.05, 4.69) is 46.4 Å². The van der Waals surface area contributed by atoms with E-state index in [4.69, 9.17) is 4.74 Å². The summed E-state index contributed by atoms with van der Waals surface area (Å²) in [4.78, 5) is 2.58. The summed E-state index contributed by atoms with van der Waals surface area (Å²) >= 11 is 0. The first-order valence-corrected chi connectivity index (χ1v) is 7.15. The molecular formula is C15H31NO. The van der Waals surface area contributed by atoms with E-state index < -0.39 is 0 Å². The molecule has 1 rings (SSSR count). The highest BCUT2D eigenvalue weighted by molar-refractivity contribution is 4.91. The van der Waals surface area contributed by atoms with E-state index in [0.29, 0.717) is 24.0 Å². The highest BCUT2D eigenvalue weighted by atomic mass is 16.5. The van der Waals surface area contributed by atoms with E-state index in [1.807, 2.05) is 7.11 Å². The van der Waals surface area contributed by atoms with Crippen LogP contribution in [0, 0.1) is 23.7 Å². The molecule has 1 heterocycles. The van der Waals surface area contributed by atoms with Gasteiger partial charge in [0.25, 0.3) is 0 Å². The third-order valence-electron chi connectivity index (χ3n) is 4.44. The lowest BCUT2D eigenvalue weighted by atomic mass is 9.71. The number of methoxy groups -OCH3 is 1. The minimum Gasteiger partial charge on any atom is -0.380 e. The van der Waals surface area contributed by atoms with Gasteiger partial charge < -0.3 is 4.74 Å². The molecule has 17 heavy (non-hydrogen) atoms. The number of rotatable bonds is 4. The van der Waals surface area contributed by atoms with Crippen LogP contribution in [-0.4, -0.2) is 37.2 Å². The van der Waals surface area contributed by atoms with Crippen LogP contribution in [0.2, 0.25) is 0 Å². The van der Waals surface area contributed by atoms with Crippen LogP contribution in [0.25, 0.3) is 0 Å². The maximum absolute atomic E-state index is 5.78. The first kappa shape index (κ1) is 15.0. The Morgan fingerprint density at radius 3 is 1.88 bits per heavy atom. The molecule has 1 aliphatic rings. The topological polar surface area (TPSA) is 12.5 Å². The average Bonchev–Trinajstić information content (AvgIpc) is 2.26. The van der Waals surface area contributed by atoms with Crippen molar-refractivity contribution in [1.82, 2.24) is 4.90 Å². The van der Waals surface area contributed by atoms with Crippen molar-refractivity contribution in [1.29, 1.82) is 0 Å². The van der Waals surface area contributed by atoms with Gasteiger partial charge in [0, 0.05) is 26.2 Å². The molecule has 0 spiro atoms. The van der Waals surface area contributed by atoms with E-state index in [-0.39, 0.29) is 0 Å². The number of ether oxygens (including phenoxy) is 1. The molecule has 0 aromatic carbocycles. The fourth-order valence-corrected chi connectivity index (χ4v) is 3.33. The normalized spacial score (nSPS) is 31.8. The number of piperidine rings is 1. The monoisotopic (exact) mass is 241 g/mol. The molecule has 2 heteroatoms. The Balaban J connectivity index is 2.87. The van der Waals surface area contributed by atoms with Crippen LogP contribution >= 0.6 is 0 Å². The first-order chi connectivity index (χ1) is 7.88. The van der Waals surface area contributed by atoms with Crippen molar-refractivity contribution in [2.45, 2.75) is 53.7 Å². The van der Waals surface area contributed by atoms with Crippen LogP contribution in [0.3, 0.4) is 0 Å². The molecule has 0 radical (unpaired) electrons. The zero-order chi connectivity index (χ0) is 13.2. The van der Waals surface area contributed by atoms with E-state index in [0.717, 1.165) is 18.4 Å². The molecule has 0 aromatic heterocycles. The molecule has 102 valence electrons. The second-order valence-electron chi connectivity index (χ2n) is 6.55. The van der Waals surface area contributed by atoms with Gasteiger partial charge in [-0.2, -0.15) is 0 Å². The van der Waals surface area contributed by atoms with Gasteiger partial charge in [-0.1, -0.05) is 27.7 Å². The Morgan fingerprint density at radius 2 is 1.53 bits per heavy atom. The molecule has 2 nitrogen and oxygen atoms in total. The van der Waals surface area contributed by atoms with Crippen molar-refractivity contribution in [3.8, 4) is 0 Å². The van der Waals surface area contributed by atoms with Crippen LogP contribution in [0.5, 0.6) is 0 Å². The smallest absolute Gasteiger partial charge is 0.0732 e. The summed E-state index contributed by atoms with van der Waals surface area (Å²) < 4.78 is 5.78. The fourth-order valence-electron chi connectivity index (χ4n) is 3.33. The molecule has 0 saturated carbocycles. The Labute approximate surface area is 108 Å². The number of nitrogens with zero attached hydrogens (tertiary/aromatic N) is 1. The third-order valence-corrected chi connectivity index (χ3v) is 4.44. The Kier molecular flexibility index (Phi) is 5.46. The Hall–Kier alpha value is -0.0800. The van der Waals surface area contributed by atoms with E-state index in [1.54, 1.807) is 0 Å². The van der Waals surface area contributed by atoms with Crippen LogP contribution in [-0.2, 0) is 4.74 Å². The Morgan fingerprint density at radius 1 is 0.941 bits per heavy atom. The molecule has 0 amide bonds. The molecule has 1 saturated heterocycles. The van der Waals surface area contributed by atoms with Gasteiger partial charge in [0.15, 0.2) is 0 Å². The summed E-state index contributed by atoms with van der Waals surface area (Å²) in [6.07, 6.45) is 0.401. The molecular weight excluding hydrogens is 210 g/mol. The standard InChI is InChI=1S/C15H31NO/c1-10(2)13-8-16(12(5)6)9-14(17-7)15(13)11(3)4/h10-15H,8-9H2,1-7H3. The van der Waals surface area contributed by atoms with Crippen molar-refractivity contribution < 1.29 is 4.74 Å². The predicted octanol–water partition coefficient (Wildman–Crippen LogP) is 3.27. The maximum Gasteiger partial charge on any atom is 0.0732 e. The van der Waals surface area contributed by atoms with Crippen LogP contribution in [0.15, 0.2) is 0 Å². The number of hydrogen-bond donors (Lipinski definition) is 0. The van der Waals surface area contributed by atoms with Crippen molar-refractivity contribution in [3.05, 3.63) is 0 Å². The zero-order valence-corrected chi connectivity index (χ0v) is 12.7. The van der Waals surface area contributed by atoms with Gasteiger partial charge in [-0.25, -0.2) is 0 Å². The second kappa shape index (κ2) is 6.19. The highest BCUT2D eigenvalue weighted by Gasteiger charge is 2.40. The summed E-state index contributed by atoms with van der Waals surface area (Å²) in [7, 11) is 1.88. The Bertz CT molecular complexity index is 225. The SMILES string of the molecule is COC1CN(C(C)C)CC(C(C)C)C1C(C)C. The van der Waals surface area contributed by atoms with Gasteiger partial charge in [0.2, 0.25) is 0 Å². The van der Waals surface area contributed by atoms with Crippen LogP contribution < -0.4 is 0 Å². The molecule has 0 aromatic rings. The first-order valence-electron chi connectivity index (χ1n) is 7.15. The van der Waals surface area contributed by atoms with Gasteiger partial charge in [0.05, 0.1) is 6.10 Å². The minimum atomic E-state index is 0.401. The summed E-state index contributed by atoms with van der Waals surface area (Å²) in [6, 6.07) is 0.627. The number of hydrogen-bond acceptors (Lipinski definition) is 2. The third kappa shape index (κ3) is 3.45. The largest absolute Gasteiger partial charge is 0.380 e. The van der Waals surface area contributed by atoms with Crippen molar-refractivity contribution >= 4 is 0 Å². The highest BCUT2D eigenvalue weighted by Crippen LogP contribution is 2.36. The number of likely N-dealkylation sites (tertiary alicyclic amines) is 1. The quantitative estimate of drug-likeness (QED) is 0.749. The summed E-state index contributed by atoms with van der Waals surface area (Å²) in [5.74, 6) is 2.91. The lowest BCUT2D eigenvalue weighted by Gasteiger charge is -2.48. The maximum atomic E-state index is 5.78. The lowest BCUT2D eigenvalue weighted by Crippen LogP contribution is -2.54. The van der Waals surface area contributed by atoms with Crippen molar-refractivity contribution in [2.75, 3.05) is 20.2 Å². The van der Waals surface area contributed by atoms with Gasteiger partial charge in [0.1, 0.15) is 0 Å². The molecule has 1 aliphatic heterocycles. The van der Waals surface area contributed by atoms with Crippen molar-refractivity contribution in [3.63, 3.8) is 0 Å². The van der Waals surface area contributed by atoms with Gasteiger partial charge >= 0.3 is 0 Å². The van der Waals surface area contributed by atoms with E-state index in [9.17, 15) is 0 Å². The molecule has 0 bridgehead atoms. The fraction of sp³-hybridized carbons (Fsp3) is 1.00. The molecule has 0 N–H and O–H groups in total. The van der Waals surface area contributed by atoms with Gasteiger partial charge in [-0.3, -0.25) is 4.90 Å². The van der Waals surface area contributed by atoms with Crippen LogP contribution in [0.1, 0.15) is 41.5 Å². The average molecular weight is 241 g/mol. The molecule has 0 aliphatic carbocycles.